The zero-order valence-corrected chi connectivity index (χ0v) is 10.8. The highest BCUT2D eigenvalue weighted by molar-refractivity contribution is 5.78. The van der Waals surface area contributed by atoms with Gasteiger partial charge >= 0.3 is 5.69 Å². The number of imidazole rings is 1. The van der Waals surface area contributed by atoms with Crippen molar-refractivity contribution in [1.29, 1.82) is 0 Å². The quantitative estimate of drug-likeness (QED) is 0.718. The first kappa shape index (κ1) is 12.5. The average molecular weight is 271 g/mol. The summed E-state index contributed by atoms with van der Waals surface area (Å²) in [7, 11) is 0. The Morgan fingerprint density at radius 2 is 1.90 bits per heavy atom. The summed E-state index contributed by atoms with van der Waals surface area (Å²) in [5, 5.41) is 0. The molecule has 0 amide bonds. The van der Waals surface area contributed by atoms with Crippen molar-refractivity contribution in [3.63, 3.8) is 0 Å². The molecule has 0 saturated heterocycles. The molecule has 0 aliphatic heterocycles. The van der Waals surface area contributed by atoms with Gasteiger partial charge in [0.05, 0.1) is 11.0 Å². The van der Waals surface area contributed by atoms with Crippen LogP contribution in [0.25, 0.3) is 11.0 Å². The Kier molecular flexibility index (Phi) is 3.02. The van der Waals surface area contributed by atoms with Crippen molar-refractivity contribution >= 4 is 16.7 Å². The number of nitrogens with two attached hydrogens (primary N) is 1. The van der Waals surface area contributed by atoms with Gasteiger partial charge in [0.1, 0.15) is 5.82 Å². The average Bonchev–Trinajstić information content (AvgIpc) is 2.73. The molecule has 20 heavy (non-hydrogen) atoms. The Hall–Kier alpha value is -2.56. The van der Waals surface area contributed by atoms with E-state index in [1.165, 1.54) is 12.1 Å². The van der Waals surface area contributed by atoms with Crippen LogP contribution in [-0.4, -0.2) is 9.55 Å². The van der Waals surface area contributed by atoms with E-state index in [2.05, 4.69) is 4.98 Å². The lowest BCUT2D eigenvalue weighted by Gasteiger charge is -2.04. The molecule has 102 valence electrons. The first-order valence-corrected chi connectivity index (χ1v) is 6.36. The summed E-state index contributed by atoms with van der Waals surface area (Å²) in [4.78, 5) is 14.7. The molecule has 0 atom stereocenters. The maximum atomic E-state index is 12.8. The zero-order valence-electron chi connectivity index (χ0n) is 10.8. The molecule has 3 aromatic rings. The number of hydrogen-bond donors (Lipinski definition) is 2. The summed E-state index contributed by atoms with van der Waals surface area (Å²) >= 11 is 0. The van der Waals surface area contributed by atoms with Crippen LogP contribution in [0.4, 0.5) is 10.1 Å². The van der Waals surface area contributed by atoms with Crippen LogP contribution in [0.1, 0.15) is 5.56 Å². The van der Waals surface area contributed by atoms with E-state index in [9.17, 15) is 9.18 Å². The Morgan fingerprint density at radius 3 is 2.65 bits per heavy atom. The SMILES string of the molecule is Nc1ccc2[nH]c(=O)n(CCc3ccc(F)cc3)c2c1. The minimum absolute atomic E-state index is 0.160. The predicted molar refractivity (Wildman–Crippen MR) is 77.1 cm³/mol. The number of rotatable bonds is 3. The molecule has 0 fully saturated rings. The first-order chi connectivity index (χ1) is 9.63. The number of anilines is 1. The van der Waals surface area contributed by atoms with Crippen LogP contribution in [0.2, 0.25) is 0 Å². The molecule has 0 unspecified atom stereocenters. The molecule has 1 heterocycles. The molecule has 1 aromatic heterocycles. The van der Waals surface area contributed by atoms with Crippen molar-refractivity contribution in [1.82, 2.24) is 9.55 Å². The number of aromatic amines is 1. The number of aromatic nitrogens is 2. The molecular weight excluding hydrogens is 257 g/mol. The third-order valence-electron chi connectivity index (χ3n) is 3.34. The fourth-order valence-electron chi connectivity index (χ4n) is 2.28. The number of benzene rings is 2. The van der Waals surface area contributed by atoms with Gasteiger partial charge in [0.2, 0.25) is 0 Å². The van der Waals surface area contributed by atoms with E-state index in [1.54, 1.807) is 34.9 Å². The van der Waals surface area contributed by atoms with Crippen LogP contribution in [-0.2, 0) is 13.0 Å². The smallest absolute Gasteiger partial charge is 0.326 e. The van der Waals surface area contributed by atoms with E-state index in [-0.39, 0.29) is 11.5 Å². The molecule has 3 N–H and O–H groups in total. The van der Waals surface area contributed by atoms with Gasteiger partial charge in [-0.05, 0) is 42.3 Å². The van der Waals surface area contributed by atoms with Gasteiger partial charge in [-0.2, -0.15) is 0 Å². The Bertz CT molecular complexity index is 802. The summed E-state index contributed by atoms with van der Waals surface area (Å²) in [6.07, 6.45) is 0.655. The summed E-state index contributed by atoms with van der Waals surface area (Å²) in [6.45, 7) is 0.522. The van der Waals surface area contributed by atoms with E-state index in [0.717, 1.165) is 16.6 Å². The van der Waals surface area contributed by atoms with Crippen molar-refractivity contribution in [3.8, 4) is 0 Å². The second-order valence-corrected chi connectivity index (χ2v) is 4.73. The number of hydrogen-bond acceptors (Lipinski definition) is 2. The number of halogens is 1. The number of nitrogens with one attached hydrogen (secondary N) is 1. The lowest BCUT2D eigenvalue weighted by atomic mass is 10.1. The lowest BCUT2D eigenvalue weighted by Crippen LogP contribution is -2.17. The number of H-pyrrole nitrogens is 1. The lowest BCUT2D eigenvalue weighted by molar-refractivity contribution is 0.625. The Balaban J connectivity index is 1.90. The van der Waals surface area contributed by atoms with E-state index >= 15 is 0 Å². The van der Waals surface area contributed by atoms with Gasteiger partial charge in [-0.1, -0.05) is 12.1 Å². The highest BCUT2D eigenvalue weighted by Gasteiger charge is 2.07. The largest absolute Gasteiger partial charge is 0.399 e. The molecule has 0 saturated carbocycles. The van der Waals surface area contributed by atoms with Crippen molar-refractivity contribution in [2.24, 2.45) is 0 Å². The number of fused-ring (bicyclic) bond motifs is 1. The van der Waals surface area contributed by atoms with Gasteiger partial charge in [0.15, 0.2) is 0 Å². The molecule has 0 spiro atoms. The van der Waals surface area contributed by atoms with Gasteiger partial charge in [-0.25, -0.2) is 9.18 Å². The molecule has 0 aliphatic rings. The maximum Gasteiger partial charge on any atom is 0.326 e. The Morgan fingerprint density at radius 1 is 1.15 bits per heavy atom. The monoisotopic (exact) mass is 271 g/mol. The number of nitrogen functional groups attached to an aromatic ring is 1. The van der Waals surface area contributed by atoms with E-state index in [1.807, 2.05) is 0 Å². The number of nitrogens with zero attached hydrogens (tertiary/aromatic N) is 1. The summed E-state index contributed by atoms with van der Waals surface area (Å²) in [5.74, 6) is -0.259. The highest BCUT2D eigenvalue weighted by Crippen LogP contribution is 2.15. The topological polar surface area (TPSA) is 63.8 Å². The minimum Gasteiger partial charge on any atom is -0.399 e. The van der Waals surface area contributed by atoms with Gasteiger partial charge < -0.3 is 10.7 Å². The van der Waals surface area contributed by atoms with Crippen LogP contribution in [0.3, 0.4) is 0 Å². The molecule has 0 bridgehead atoms. The van der Waals surface area contributed by atoms with E-state index in [4.69, 9.17) is 5.73 Å². The van der Waals surface area contributed by atoms with Crippen LogP contribution >= 0.6 is 0 Å². The van der Waals surface area contributed by atoms with Gasteiger partial charge in [-0.15, -0.1) is 0 Å². The van der Waals surface area contributed by atoms with Crippen LogP contribution in [0, 0.1) is 5.82 Å². The second-order valence-electron chi connectivity index (χ2n) is 4.73. The van der Waals surface area contributed by atoms with Crippen LogP contribution < -0.4 is 11.4 Å². The third kappa shape index (κ3) is 2.30. The van der Waals surface area contributed by atoms with Gasteiger partial charge in [0, 0.05) is 12.2 Å². The first-order valence-electron chi connectivity index (χ1n) is 6.36. The van der Waals surface area contributed by atoms with E-state index in [0.29, 0.717) is 18.7 Å². The fraction of sp³-hybridized carbons (Fsp3) is 0.133. The Labute approximate surface area is 114 Å². The van der Waals surface area contributed by atoms with Gasteiger partial charge in [-0.3, -0.25) is 4.57 Å². The minimum atomic E-state index is -0.259. The van der Waals surface area contributed by atoms with Crippen molar-refractivity contribution in [2.45, 2.75) is 13.0 Å². The van der Waals surface area contributed by atoms with Crippen molar-refractivity contribution in [3.05, 3.63) is 64.3 Å². The normalized spacial score (nSPS) is 11.1. The molecule has 4 nitrogen and oxygen atoms in total. The van der Waals surface area contributed by atoms with Gasteiger partial charge in [0.25, 0.3) is 0 Å². The number of aryl methyl sites for hydroxylation is 2. The summed E-state index contributed by atoms with van der Waals surface area (Å²) < 4.78 is 14.5. The summed E-state index contributed by atoms with van der Waals surface area (Å²) in [6, 6.07) is 11.6. The highest BCUT2D eigenvalue weighted by atomic mass is 19.1. The molecule has 2 aromatic carbocycles. The molecule has 0 radical (unpaired) electrons. The predicted octanol–water partition coefficient (Wildman–Crippen LogP) is 2.29. The zero-order chi connectivity index (χ0) is 14.1. The fourth-order valence-corrected chi connectivity index (χ4v) is 2.28. The van der Waals surface area contributed by atoms with Crippen LogP contribution in [0.15, 0.2) is 47.3 Å². The van der Waals surface area contributed by atoms with Crippen LogP contribution in [0.5, 0.6) is 0 Å². The summed E-state index contributed by atoms with van der Waals surface area (Å²) in [5.41, 5.74) is 8.75. The maximum absolute atomic E-state index is 12.8. The third-order valence-corrected chi connectivity index (χ3v) is 3.34. The van der Waals surface area contributed by atoms with Crippen molar-refractivity contribution in [2.75, 3.05) is 5.73 Å². The standard InChI is InChI=1S/C15H14FN3O/c16-11-3-1-10(2-4-11)7-8-19-14-9-12(17)5-6-13(14)18-15(19)20/h1-6,9H,7-8,17H2,(H,18,20). The molecule has 5 heteroatoms. The second kappa shape index (κ2) is 4.85. The molecule has 3 rings (SSSR count). The van der Waals surface area contributed by atoms with E-state index < -0.39 is 0 Å². The molecular formula is C15H14FN3O. The molecule has 0 aliphatic carbocycles. The van der Waals surface area contributed by atoms with Crippen molar-refractivity contribution < 1.29 is 4.39 Å².